The highest BCUT2D eigenvalue weighted by Crippen LogP contribution is 2.21. The van der Waals surface area contributed by atoms with E-state index in [1.165, 1.54) is 13.2 Å². The number of sulfonamides is 1. The van der Waals surface area contributed by atoms with Crippen molar-refractivity contribution in [3.05, 3.63) is 60.2 Å². The molecule has 25 heavy (non-hydrogen) atoms. The second-order valence-corrected chi connectivity index (χ2v) is 7.05. The Morgan fingerprint density at radius 2 is 1.96 bits per heavy atom. The van der Waals surface area contributed by atoms with Crippen molar-refractivity contribution in [3.63, 3.8) is 0 Å². The zero-order valence-corrected chi connectivity index (χ0v) is 14.6. The molecule has 3 rings (SSSR count). The van der Waals surface area contributed by atoms with Crippen molar-refractivity contribution in [1.29, 1.82) is 0 Å². The predicted molar refractivity (Wildman–Crippen MR) is 90.9 cm³/mol. The van der Waals surface area contributed by atoms with Crippen LogP contribution in [-0.4, -0.2) is 35.5 Å². The van der Waals surface area contributed by atoms with Gasteiger partial charge in [-0.2, -0.15) is 0 Å². The first-order chi connectivity index (χ1) is 12.0. The molecule has 2 aromatic heterocycles. The van der Waals surface area contributed by atoms with E-state index >= 15 is 0 Å². The number of nitrogens with zero attached hydrogens (tertiary/aromatic N) is 4. The summed E-state index contributed by atoms with van der Waals surface area (Å²) in [4.78, 5) is 4.11. The van der Waals surface area contributed by atoms with Crippen LogP contribution in [0.15, 0.2) is 53.8 Å². The average molecular weight is 359 g/mol. The Bertz CT molecular complexity index is 970. The highest BCUT2D eigenvalue weighted by Gasteiger charge is 2.18. The second kappa shape index (κ2) is 6.99. The molecule has 1 aromatic carbocycles. The number of ether oxygens (including phenoxy) is 1. The summed E-state index contributed by atoms with van der Waals surface area (Å²) in [6, 6.07) is 8.47. The lowest BCUT2D eigenvalue weighted by Crippen LogP contribution is -2.24. The van der Waals surface area contributed by atoms with Crippen LogP contribution in [0.5, 0.6) is 5.75 Å². The van der Waals surface area contributed by atoms with Crippen molar-refractivity contribution in [2.45, 2.75) is 18.4 Å². The topological polar surface area (TPSA) is 99.0 Å². The molecule has 0 bridgehead atoms. The molecule has 0 atom stereocenters. The molecular formula is C16H17N5O3S. The normalized spacial score (nSPS) is 11.4. The minimum Gasteiger partial charge on any atom is -0.497 e. The molecule has 0 aliphatic heterocycles. The predicted octanol–water partition coefficient (Wildman–Crippen LogP) is 1.46. The molecule has 9 heteroatoms. The first-order valence-electron chi connectivity index (χ1n) is 7.45. The Balaban J connectivity index is 1.76. The number of pyridine rings is 1. The van der Waals surface area contributed by atoms with E-state index < -0.39 is 10.0 Å². The van der Waals surface area contributed by atoms with Crippen molar-refractivity contribution < 1.29 is 13.2 Å². The number of rotatable bonds is 6. The van der Waals surface area contributed by atoms with Crippen molar-refractivity contribution in [2.24, 2.45) is 0 Å². The number of benzene rings is 1. The molecule has 0 aliphatic rings. The maximum absolute atomic E-state index is 12.5. The van der Waals surface area contributed by atoms with Crippen molar-refractivity contribution >= 4 is 10.0 Å². The van der Waals surface area contributed by atoms with Gasteiger partial charge in [0.25, 0.3) is 0 Å². The minimum atomic E-state index is -3.69. The van der Waals surface area contributed by atoms with Crippen molar-refractivity contribution in [3.8, 4) is 11.4 Å². The van der Waals surface area contributed by atoms with E-state index in [-0.39, 0.29) is 11.4 Å². The Morgan fingerprint density at radius 1 is 1.20 bits per heavy atom. The molecule has 130 valence electrons. The summed E-state index contributed by atoms with van der Waals surface area (Å²) in [5.74, 6) is 0.481. The number of nitrogens with one attached hydrogen (secondary N) is 1. The first-order valence-corrected chi connectivity index (χ1v) is 8.94. The van der Waals surface area contributed by atoms with E-state index in [0.717, 1.165) is 5.69 Å². The molecule has 0 saturated heterocycles. The summed E-state index contributed by atoms with van der Waals surface area (Å²) in [5, 5.41) is 7.98. The van der Waals surface area contributed by atoms with E-state index in [9.17, 15) is 8.42 Å². The van der Waals surface area contributed by atoms with Gasteiger partial charge in [0.2, 0.25) is 10.0 Å². The Morgan fingerprint density at radius 3 is 2.68 bits per heavy atom. The smallest absolute Gasteiger partial charge is 0.241 e. The van der Waals surface area contributed by atoms with Gasteiger partial charge in [0.15, 0.2) is 0 Å². The van der Waals surface area contributed by atoms with Crippen LogP contribution >= 0.6 is 0 Å². The van der Waals surface area contributed by atoms with E-state index in [0.29, 0.717) is 17.0 Å². The quantitative estimate of drug-likeness (QED) is 0.715. The average Bonchev–Trinajstić information content (AvgIpc) is 3.10. The van der Waals surface area contributed by atoms with Gasteiger partial charge >= 0.3 is 0 Å². The Labute approximate surface area is 145 Å². The molecule has 0 amide bonds. The molecule has 0 radical (unpaired) electrons. The minimum absolute atomic E-state index is 0.0318. The number of hydrogen-bond donors (Lipinski definition) is 1. The summed E-state index contributed by atoms with van der Waals surface area (Å²) in [6.45, 7) is 1.76. The maximum Gasteiger partial charge on any atom is 0.241 e. The van der Waals surface area contributed by atoms with E-state index in [2.05, 4.69) is 20.0 Å². The lowest BCUT2D eigenvalue weighted by atomic mass is 10.2. The van der Waals surface area contributed by atoms with Crippen LogP contribution in [-0.2, 0) is 16.6 Å². The van der Waals surface area contributed by atoms with E-state index in [4.69, 9.17) is 4.74 Å². The lowest BCUT2D eigenvalue weighted by Gasteiger charge is -2.10. The SMILES string of the molecule is COc1ccc(C)c(S(=O)(=O)NCc2cn(-c3ccncc3)nn2)c1. The third-order valence-corrected chi connectivity index (χ3v) is 5.14. The number of hydrogen-bond acceptors (Lipinski definition) is 6. The van der Waals surface area contributed by atoms with Crippen LogP contribution in [0.4, 0.5) is 0 Å². The highest BCUT2D eigenvalue weighted by molar-refractivity contribution is 7.89. The van der Waals surface area contributed by atoms with Gasteiger partial charge in [0.05, 0.1) is 36.1 Å². The summed E-state index contributed by atoms with van der Waals surface area (Å²) < 4.78 is 34.3. The fraction of sp³-hybridized carbons (Fsp3) is 0.188. The summed E-state index contributed by atoms with van der Waals surface area (Å²) in [6.07, 6.45) is 4.95. The van der Waals surface area contributed by atoms with Gasteiger partial charge in [-0.1, -0.05) is 11.3 Å². The summed E-state index contributed by atoms with van der Waals surface area (Å²) in [5.41, 5.74) is 1.93. The monoisotopic (exact) mass is 359 g/mol. The van der Waals surface area contributed by atoms with Crippen molar-refractivity contribution in [1.82, 2.24) is 24.7 Å². The second-order valence-electron chi connectivity index (χ2n) is 5.32. The third kappa shape index (κ3) is 3.83. The zero-order valence-electron chi connectivity index (χ0n) is 13.7. The molecule has 0 saturated carbocycles. The molecule has 8 nitrogen and oxygen atoms in total. The maximum atomic E-state index is 12.5. The fourth-order valence-electron chi connectivity index (χ4n) is 2.25. The van der Waals surface area contributed by atoms with Crippen LogP contribution < -0.4 is 9.46 Å². The molecule has 3 aromatic rings. The van der Waals surface area contributed by atoms with Crippen LogP contribution in [0.3, 0.4) is 0 Å². The Hall–Kier alpha value is -2.78. The number of aromatic nitrogens is 4. The highest BCUT2D eigenvalue weighted by atomic mass is 32.2. The van der Waals surface area contributed by atoms with Crippen LogP contribution in [0.2, 0.25) is 0 Å². The Kier molecular flexibility index (Phi) is 4.77. The fourth-order valence-corrected chi connectivity index (χ4v) is 3.50. The third-order valence-electron chi connectivity index (χ3n) is 3.60. The van der Waals surface area contributed by atoms with Gasteiger partial charge in [-0.3, -0.25) is 4.98 Å². The summed E-state index contributed by atoms with van der Waals surface area (Å²) in [7, 11) is -2.20. The van der Waals surface area contributed by atoms with Gasteiger partial charge in [-0.25, -0.2) is 17.8 Å². The largest absolute Gasteiger partial charge is 0.497 e. The first kappa shape index (κ1) is 17.1. The van der Waals surface area contributed by atoms with Gasteiger partial charge < -0.3 is 4.74 Å². The zero-order chi connectivity index (χ0) is 17.9. The molecular weight excluding hydrogens is 342 g/mol. The molecule has 2 heterocycles. The lowest BCUT2D eigenvalue weighted by molar-refractivity contribution is 0.413. The van der Waals surface area contributed by atoms with Crippen LogP contribution in [0.25, 0.3) is 5.69 Å². The van der Waals surface area contributed by atoms with Gasteiger partial charge in [0.1, 0.15) is 5.75 Å². The number of methoxy groups -OCH3 is 1. The van der Waals surface area contributed by atoms with Gasteiger partial charge in [-0.15, -0.1) is 5.10 Å². The molecule has 0 spiro atoms. The van der Waals surface area contributed by atoms with Crippen LogP contribution in [0.1, 0.15) is 11.3 Å². The molecule has 0 fully saturated rings. The van der Waals surface area contributed by atoms with Crippen LogP contribution in [0, 0.1) is 6.92 Å². The van der Waals surface area contributed by atoms with Gasteiger partial charge in [-0.05, 0) is 30.7 Å². The van der Waals surface area contributed by atoms with E-state index in [1.54, 1.807) is 54.5 Å². The van der Waals surface area contributed by atoms with E-state index in [1.807, 2.05) is 0 Å². The standard InChI is InChI=1S/C16H17N5O3S/c1-12-3-4-15(24-2)9-16(12)25(22,23)18-10-13-11-21(20-19-13)14-5-7-17-8-6-14/h3-9,11,18H,10H2,1-2H3. The summed E-state index contributed by atoms with van der Waals surface area (Å²) >= 11 is 0. The van der Waals surface area contributed by atoms with Crippen molar-refractivity contribution in [2.75, 3.05) is 7.11 Å². The molecule has 0 aliphatic carbocycles. The molecule has 0 unspecified atom stereocenters. The molecule has 1 N–H and O–H groups in total. The number of aryl methyl sites for hydroxylation is 1. The van der Waals surface area contributed by atoms with Gasteiger partial charge in [0, 0.05) is 18.5 Å².